The molecule has 0 amide bonds. The van der Waals surface area contributed by atoms with E-state index in [-0.39, 0.29) is 41.8 Å². The highest BCUT2D eigenvalue weighted by atomic mass is 16.5. The van der Waals surface area contributed by atoms with E-state index in [1.54, 1.807) is 31.2 Å². The van der Waals surface area contributed by atoms with E-state index in [0.29, 0.717) is 54.1 Å². The van der Waals surface area contributed by atoms with Crippen LogP contribution in [0.5, 0.6) is 17.2 Å². The molecule has 6 rings (SSSR count). The van der Waals surface area contributed by atoms with Gasteiger partial charge in [-0.25, -0.2) is 4.79 Å². The van der Waals surface area contributed by atoms with Crippen molar-refractivity contribution in [2.75, 3.05) is 26.9 Å². The molecule has 1 heterocycles. The van der Waals surface area contributed by atoms with Crippen LogP contribution in [-0.4, -0.2) is 38.9 Å². The molecular formula is C44H42O9. The lowest BCUT2D eigenvalue weighted by Crippen LogP contribution is -2.11. The predicted octanol–water partition coefficient (Wildman–Crippen LogP) is 8.88. The maximum absolute atomic E-state index is 13.6. The fraction of sp³-hybridized carbons (Fsp3) is 0.250. The van der Waals surface area contributed by atoms with E-state index in [2.05, 4.69) is 25.1 Å². The molecule has 0 aliphatic rings. The molecule has 0 radical (unpaired) electrons. The third-order valence-corrected chi connectivity index (χ3v) is 8.87. The summed E-state index contributed by atoms with van der Waals surface area (Å²) in [6.07, 6.45) is 1.63. The van der Waals surface area contributed by atoms with E-state index in [1.807, 2.05) is 54.6 Å². The van der Waals surface area contributed by atoms with Crippen molar-refractivity contribution in [3.63, 3.8) is 0 Å². The topological polar surface area (TPSA) is 110 Å². The molecule has 0 fully saturated rings. The molecular weight excluding hydrogens is 672 g/mol. The van der Waals surface area contributed by atoms with Crippen LogP contribution in [0.2, 0.25) is 0 Å². The minimum atomic E-state index is -0.554. The van der Waals surface area contributed by atoms with Gasteiger partial charge in [-0.2, -0.15) is 0 Å². The Morgan fingerprint density at radius 2 is 1.47 bits per heavy atom. The molecule has 9 nitrogen and oxygen atoms in total. The lowest BCUT2D eigenvalue weighted by Gasteiger charge is -2.18. The van der Waals surface area contributed by atoms with Crippen LogP contribution in [0.25, 0.3) is 33.1 Å². The van der Waals surface area contributed by atoms with Crippen LogP contribution in [0.15, 0.2) is 112 Å². The van der Waals surface area contributed by atoms with Crippen molar-refractivity contribution in [3.05, 3.63) is 136 Å². The highest BCUT2D eigenvalue weighted by Crippen LogP contribution is 2.37. The Labute approximate surface area is 308 Å². The Bertz CT molecular complexity index is 2260. The van der Waals surface area contributed by atoms with Crippen LogP contribution in [0.4, 0.5) is 0 Å². The van der Waals surface area contributed by atoms with Gasteiger partial charge in [-0.15, -0.1) is 0 Å². The fourth-order valence-electron chi connectivity index (χ4n) is 6.17. The number of carbonyl (C=O) groups is 2. The summed E-state index contributed by atoms with van der Waals surface area (Å²) < 4.78 is 35.2. The highest BCUT2D eigenvalue weighted by molar-refractivity contribution is 5.97. The molecule has 1 aromatic heterocycles. The largest absolute Gasteiger partial charge is 0.493 e. The van der Waals surface area contributed by atoms with Gasteiger partial charge in [0.1, 0.15) is 35.0 Å². The van der Waals surface area contributed by atoms with Crippen molar-refractivity contribution in [3.8, 4) is 28.4 Å². The number of hydrogen-bond acceptors (Lipinski definition) is 9. The normalized spacial score (nSPS) is 11.0. The van der Waals surface area contributed by atoms with Gasteiger partial charge in [0.05, 0.1) is 43.3 Å². The summed E-state index contributed by atoms with van der Waals surface area (Å²) in [5.74, 6) is 1.06. The molecule has 6 aromatic rings. The van der Waals surface area contributed by atoms with Crippen LogP contribution in [0.3, 0.4) is 0 Å². The number of carbonyl (C=O) groups excluding carboxylic acids is 2. The number of fused-ring (bicyclic) bond motifs is 2. The summed E-state index contributed by atoms with van der Waals surface area (Å²) in [6, 6.07) is 32.3. The van der Waals surface area contributed by atoms with Gasteiger partial charge in [0, 0.05) is 30.0 Å². The second-order valence-corrected chi connectivity index (χ2v) is 12.4. The second-order valence-electron chi connectivity index (χ2n) is 12.4. The molecule has 0 N–H and O–H groups in total. The molecule has 5 aromatic carbocycles. The molecule has 0 atom stereocenters. The zero-order chi connectivity index (χ0) is 37.2. The van der Waals surface area contributed by atoms with Gasteiger partial charge >= 0.3 is 11.9 Å². The summed E-state index contributed by atoms with van der Waals surface area (Å²) in [6.45, 7) is 5.22. The predicted molar refractivity (Wildman–Crippen MR) is 204 cm³/mol. The molecule has 0 aliphatic heterocycles. The molecule has 272 valence electrons. The van der Waals surface area contributed by atoms with Gasteiger partial charge in [0.25, 0.3) is 0 Å². The van der Waals surface area contributed by atoms with Crippen LogP contribution in [-0.2, 0) is 33.7 Å². The average Bonchev–Trinajstić information content (AvgIpc) is 3.19. The number of rotatable bonds is 16. The number of ether oxygens (including phenoxy) is 5. The van der Waals surface area contributed by atoms with Crippen LogP contribution in [0.1, 0.15) is 53.7 Å². The van der Waals surface area contributed by atoms with Crippen molar-refractivity contribution in [2.24, 2.45) is 0 Å². The zero-order valence-electron chi connectivity index (χ0n) is 30.1. The first kappa shape index (κ1) is 36.7. The van der Waals surface area contributed by atoms with Gasteiger partial charge in [-0.1, -0.05) is 67.6 Å². The lowest BCUT2D eigenvalue weighted by molar-refractivity contribution is -0.143. The SMILES string of the molecule is CCOC(=O)CCc1c(OCCCOc2cc(OCc3ccccc3)c(-c3ccccc3)cc2CC)ccc2c(=O)c3cc(C(=O)OC)ccc3oc12. The van der Waals surface area contributed by atoms with Crippen molar-refractivity contribution >= 4 is 33.9 Å². The van der Waals surface area contributed by atoms with Gasteiger partial charge in [-0.3, -0.25) is 9.59 Å². The first-order chi connectivity index (χ1) is 25.9. The molecule has 0 saturated heterocycles. The Hall–Kier alpha value is -6.09. The van der Waals surface area contributed by atoms with Crippen LogP contribution in [0, 0.1) is 0 Å². The van der Waals surface area contributed by atoms with Crippen molar-refractivity contribution in [2.45, 2.75) is 46.1 Å². The van der Waals surface area contributed by atoms with Gasteiger partial charge in [-0.05, 0) is 72.9 Å². The third-order valence-electron chi connectivity index (χ3n) is 8.87. The number of methoxy groups -OCH3 is 1. The number of esters is 2. The van der Waals surface area contributed by atoms with E-state index < -0.39 is 5.97 Å². The van der Waals surface area contributed by atoms with Crippen molar-refractivity contribution in [1.29, 1.82) is 0 Å². The van der Waals surface area contributed by atoms with Gasteiger partial charge in [0.2, 0.25) is 5.43 Å². The molecule has 0 spiro atoms. The summed E-state index contributed by atoms with van der Waals surface area (Å²) in [4.78, 5) is 38.1. The average molecular weight is 715 g/mol. The maximum atomic E-state index is 13.6. The maximum Gasteiger partial charge on any atom is 0.337 e. The Morgan fingerprint density at radius 1 is 0.736 bits per heavy atom. The Morgan fingerprint density at radius 3 is 2.19 bits per heavy atom. The quantitative estimate of drug-likeness (QED) is 0.0552. The third kappa shape index (κ3) is 8.69. The lowest BCUT2D eigenvalue weighted by atomic mass is 10.00. The van der Waals surface area contributed by atoms with Gasteiger partial charge < -0.3 is 28.1 Å². The molecule has 9 heteroatoms. The van der Waals surface area contributed by atoms with E-state index in [4.69, 9.17) is 28.1 Å². The van der Waals surface area contributed by atoms with E-state index in [0.717, 1.165) is 40.2 Å². The van der Waals surface area contributed by atoms with E-state index >= 15 is 0 Å². The molecule has 0 aliphatic carbocycles. The summed E-state index contributed by atoms with van der Waals surface area (Å²) >= 11 is 0. The first-order valence-electron chi connectivity index (χ1n) is 17.8. The first-order valence-corrected chi connectivity index (χ1v) is 17.8. The van der Waals surface area contributed by atoms with Crippen LogP contribution >= 0.6 is 0 Å². The second kappa shape index (κ2) is 17.4. The molecule has 0 unspecified atom stereocenters. The Balaban J connectivity index is 1.21. The molecule has 0 bridgehead atoms. The number of aryl methyl sites for hydroxylation is 2. The van der Waals surface area contributed by atoms with Crippen molar-refractivity contribution in [1.82, 2.24) is 0 Å². The van der Waals surface area contributed by atoms with E-state index in [1.165, 1.54) is 13.2 Å². The number of hydrogen-bond donors (Lipinski definition) is 0. The van der Waals surface area contributed by atoms with E-state index in [9.17, 15) is 14.4 Å². The zero-order valence-corrected chi connectivity index (χ0v) is 30.1. The summed E-state index contributed by atoms with van der Waals surface area (Å²) in [5.41, 5.74) is 5.34. The highest BCUT2D eigenvalue weighted by Gasteiger charge is 2.19. The summed E-state index contributed by atoms with van der Waals surface area (Å²) in [7, 11) is 1.28. The monoisotopic (exact) mass is 714 g/mol. The molecule has 53 heavy (non-hydrogen) atoms. The van der Waals surface area contributed by atoms with Gasteiger partial charge in [0.15, 0.2) is 0 Å². The Kier molecular flexibility index (Phi) is 12.1. The molecule has 0 saturated carbocycles. The summed E-state index contributed by atoms with van der Waals surface area (Å²) in [5, 5.41) is 0.560. The number of benzene rings is 5. The smallest absolute Gasteiger partial charge is 0.337 e. The minimum Gasteiger partial charge on any atom is -0.493 e. The van der Waals surface area contributed by atoms with Crippen LogP contribution < -0.4 is 19.6 Å². The standard InChI is InChI=1S/C44H42O9/c1-4-30-25-35(31-15-10-7-11-16-31)40(52-28-29-13-8-6-9-14-29)27-39(30)51-24-12-23-50-37-21-18-34-42(46)36-26-32(44(47)48-3)17-20-38(36)53-43(34)33(37)19-22-41(45)49-5-2/h6-11,13-18,20-21,25-27H,4-5,12,19,22-24,28H2,1-3H3. The fourth-order valence-corrected chi connectivity index (χ4v) is 6.17. The minimum absolute atomic E-state index is 0.0723. The van der Waals surface area contributed by atoms with Crippen molar-refractivity contribution < 1.29 is 37.7 Å².